The summed E-state index contributed by atoms with van der Waals surface area (Å²) in [5, 5.41) is 8.21. The predicted molar refractivity (Wildman–Crippen MR) is 234 cm³/mol. The number of hydrogen-bond acceptors (Lipinski definition) is 8. The number of halogens is 2. The molecule has 0 atom stereocenters. The largest absolute Gasteiger partial charge is 0.493 e. The molecule has 5 aromatic rings. The van der Waals surface area contributed by atoms with E-state index in [4.69, 9.17) is 14.2 Å². The van der Waals surface area contributed by atoms with Crippen LogP contribution in [0.4, 0.5) is 13.6 Å². The average molecular weight is 838 g/mol. The first kappa shape index (κ1) is 43.9. The lowest BCUT2D eigenvalue weighted by Gasteiger charge is -2.37. The summed E-state index contributed by atoms with van der Waals surface area (Å²) in [6.45, 7) is 13.3. The minimum absolute atomic E-state index is 0.0842. The van der Waals surface area contributed by atoms with E-state index < -0.39 is 0 Å². The van der Waals surface area contributed by atoms with Crippen LogP contribution in [0.2, 0.25) is 0 Å². The summed E-state index contributed by atoms with van der Waals surface area (Å²) in [5.41, 5.74) is 5.34. The molecule has 2 amide bonds. The van der Waals surface area contributed by atoms with Crippen molar-refractivity contribution in [2.75, 3.05) is 46.4 Å². The molecule has 3 aliphatic rings. The summed E-state index contributed by atoms with van der Waals surface area (Å²) in [7, 11) is 2.11. The van der Waals surface area contributed by atoms with E-state index in [-0.39, 0.29) is 29.3 Å². The minimum atomic E-state index is -0.303. The van der Waals surface area contributed by atoms with Crippen LogP contribution in [0.5, 0.6) is 5.75 Å². The molecule has 0 radical (unpaired) electrons. The Morgan fingerprint density at radius 3 is 2.34 bits per heavy atom. The summed E-state index contributed by atoms with van der Waals surface area (Å²) in [5.74, 6) is 2.03. The fourth-order valence-corrected chi connectivity index (χ4v) is 8.65. The second-order valence-corrected chi connectivity index (χ2v) is 17.4. The van der Waals surface area contributed by atoms with Gasteiger partial charge in [0.05, 0.1) is 12.3 Å². The molecule has 0 aliphatic carbocycles. The van der Waals surface area contributed by atoms with Crippen LogP contribution < -0.4 is 15.6 Å². The van der Waals surface area contributed by atoms with Gasteiger partial charge in [-0.3, -0.25) is 9.36 Å². The summed E-state index contributed by atoms with van der Waals surface area (Å²) in [6.07, 6.45) is 7.69. The Bertz CT molecular complexity index is 2260. The summed E-state index contributed by atoms with van der Waals surface area (Å²) >= 11 is 0. The van der Waals surface area contributed by atoms with Crippen LogP contribution in [0.15, 0.2) is 76.0 Å². The fraction of sp³-hybridized carbons (Fsp3) is 0.500. The molecule has 11 nitrogen and oxygen atoms in total. The third-order valence-corrected chi connectivity index (χ3v) is 12.3. The van der Waals surface area contributed by atoms with Gasteiger partial charge in [0.15, 0.2) is 5.58 Å². The van der Waals surface area contributed by atoms with Crippen molar-refractivity contribution in [3.05, 3.63) is 123 Å². The van der Waals surface area contributed by atoms with Crippen molar-refractivity contribution in [3.63, 3.8) is 0 Å². The number of nitrogens with one attached hydrogen (secondary N) is 1. The number of urea groups is 1. The van der Waals surface area contributed by atoms with Crippen molar-refractivity contribution >= 4 is 17.0 Å². The second kappa shape index (κ2) is 20.6. The molecule has 1 N–H and O–H groups in total. The van der Waals surface area contributed by atoms with Gasteiger partial charge in [-0.25, -0.2) is 18.6 Å². The lowest BCUT2D eigenvalue weighted by molar-refractivity contribution is 0.127. The number of fused-ring (bicyclic) bond motifs is 2. The SMILES string of the molecule is CC(C)COc1ccc(CNC(=O)N(Cc2ccc(F)cc2)C2CCN(C)CC2)cc1.Cc1nc2n(c(=O)c1CCN1CCC(c3noc4cc(F)ccc34)CC1)CCCC2. The number of nitrogens with zero attached hydrogens (tertiary/aromatic N) is 6. The number of rotatable bonds is 12. The molecule has 3 aliphatic heterocycles. The zero-order valence-electron chi connectivity index (χ0n) is 36.2. The van der Waals surface area contributed by atoms with E-state index in [2.05, 4.69) is 41.2 Å². The molecule has 8 rings (SSSR count). The standard InChI is InChI=1S/C25H34FN3O2.C23H27FN4O2/c1-19(2)18-31-24-10-6-20(7-11-24)16-27-25(30)29(23-12-14-28(3)15-13-23)17-21-4-8-22(26)9-5-21;1-15-18(23(29)28-10-3-2-4-21(28)25-15)9-13-27-11-7-16(8-12-27)22-19-6-5-17(24)14-20(19)30-26-22/h4-11,19,23H,12-18H2,1-3H3,(H,27,30);5-6,14,16H,2-4,7-13H2,1H3. The molecule has 2 aromatic heterocycles. The van der Waals surface area contributed by atoms with E-state index in [0.717, 1.165) is 136 Å². The molecular formula is C48H61F2N7O4. The van der Waals surface area contributed by atoms with E-state index in [1.165, 1.54) is 24.3 Å². The van der Waals surface area contributed by atoms with Gasteiger partial charge in [0, 0.05) is 67.3 Å². The Labute approximate surface area is 358 Å². The fourth-order valence-electron chi connectivity index (χ4n) is 8.65. The van der Waals surface area contributed by atoms with Crippen molar-refractivity contribution in [1.29, 1.82) is 0 Å². The topological polar surface area (TPSA) is 109 Å². The van der Waals surface area contributed by atoms with E-state index in [1.54, 1.807) is 18.2 Å². The first-order chi connectivity index (χ1) is 29.5. The molecule has 0 saturated carbocycles. The maximum Gasteiger partial charge on any atom is 0.318 e. The highest BCUT2D eigenvalue weighted by Crippen LogP contribution is 2.33. The monoisotopic (exact) mass is 837 g/mol. The number of benzene rings is 3. The van der Waals surface area contributed by atoms with Crippen molar-refractivity contribution < 1.29 is 22.8 Å². The van der Waals surface area contributed by atoms with Crippen LogP contribution >= 0.6 is 0 Å². The highest BCUT2D eigenvalue weighted by atomic mass is 19.1. The van der Waals surface area contributed by atoms with Crippen molar-refractivity contribution in [2.45, 2.75) is 104 Å². The molecule has 5 heterocycles. The molecule has 2 saturated heterocycles. The van der Waals surface area contributed by atoms with Crippen molar-refractivity contribution in [1.82, 2.24) is 34.7 Å². The van der Waals surface area contributed by atoms with Gasteiger partial charge >= 0.3 is 6.03 Å². The van der Waals surface area contributed by atoms with Crippen molar-refractivity contribution in [3.8, 4) is 5.75 Å². The molecule has 2 fully saturated rings. The van der Waals surface area contributed by atoms with Gasteiger partial charge < -0.3 is 29.3 Å². The summed E-state index contributed by atoms with van der Waals surface area (Å²) in [4.78, 5) is 37.4. The third-order valence-electron chi connectivity index (χ3n) is 12.3. The maximum atomic E-state index is 13.4. The quantitative estimate of drug-likeness (QED) is 0.134. The predicted octanol–water partition coefficient (Wildman–Crippen LogP) is 8.26. The zero-order chi connectivity index (χ0) is 42.9. The lowest BCUT2D eigenvalue weighted by Crippen LogP contribution is -2.49. The number of aromatic nitrogens is 3. The van der Waals surface area contributed by atoms with Crippen LogP contribution in [-0.2, 0) is 32.5 Å². The number of carbonyl (C=O) groups excluding carboxylic acids is 1. The molecule has 0 bridgehead atoms. The highest BCUT2D eigenvalue weighted by molar-refractivity contribution is 5.80. The first-order valence-corrected chi connectivity index (χ1v) is 22.1. The van der Waals surface area contributed by atoms with Gasteiger partial charge in [0.25, 0.3) is 5.56 Å². The van der Waals surface area contributed by atoms with E-state index in [9.17, 15) is 18.4 Å². The summed E-state index contributed by atoms with van der Waals surface area (Å²) in [6, 6.07) is 19.0. The summed E-state index contributed by atoms with van der Waals surface area (Å²) < 4.78 is 39.6. The Balaban J connectivity index is 0.000000184. The van der Waals surface area contributed by atoms with Gasteiger partial charge in [0.1, 0.15) is 23.2 Å². The molecular weight excluding hydrogens is 777 g/mol. The molecule has 61 heavy (non-hydrogen) atoms. The van der Waals surface area contributed by atoms with E-state index in [0.29, 0.717) is 37.1 Å². The van der Waals surface area contributed by atoms with Crippen molar-refractivity contribution in [2.24, 2.45) is 5.92 Å². The smallest absolute Gasteiger partial charge is 0.318 e. The van der Waals surface area contributed by atoms with Crippen LogP contribution in [-0.4, -0.2) is 87.9 Å². The van der Waals surface area contributed by atoms with Gasteiger partial charge in [-0.05, 0) is 139 Å². The maximum absolute atomic E-state index is 13.4. The van der Waals surface area contributed by atoms with E-state index in [1.807, 2.05) is 40.7 Å². The normalized spacial score (nSPS) is 16.6. The second-order valence-electron chi connectivity index (χ2n) is 17.4. The molecule has 0 spiro atoms. The Kier molecular flexibility index (Phi) is 14.8. The third kappa shape index (κ3) is 11.6. The van der Waals surface area contributed by atoms with E-state index >= 15 is 0 Å². The van der Waals surface area contributed by atoms with Gasteiger partial charge in [-0.1, -0.05) is 43.3 Å². The highest BCUT2D eigenvalue weighted by Gasteiger charge is 2.28. The Morgan fingerprint density at radius 2 is 1.62 bits per heavy atom. The van der Waals surface area contributed by atoms with Gasteiger partial charge in [-0.2, -0.15) is 0 Å². The lowest BCUT2D eigenvalue weighted by atomic mass is 9.91. The molecule has 13 heteroatoms. The number of ether oxygens (including phenoxy) is 1. The minimum Gasteiger partial charge on any atom is -0.493 e. The van der Waals surface area contributed by atoms with Crippen LogP contribution in [0.1, 0.15) is 92.2 Å². The van der Waals surface area contributed by atoms with Gasteiger partial charge in [0.2, 0.25) is 0 Å². The first-order valence-electron chi connectivity index (χ1n) is 22.1. The van der Waals surface area contributed by atoms with Gasteiger partial charge in [-0.15, -0.1) is 0 Å². The number of carbonyl (C=O) groups is 1. The van der Waals surface area contributed by atoms with Crippen LogP contribution in [0.25, 0.3) is 11.0 Å². The molecule has 3 aromatic carbocycles. The Morgan fingerprint density at radius 1 is 0.918 bits per heavy atom. The average Bonchev–Trinajstić information content (AvgIpc) is 3.69. The number of piperidine rings is 2. The van der Waals surface area contributed by atoms with Crippen LogP contribution in [0.3, 0.4) is 0 Å². The molecule has 0 unspecified atom stereocenters. The number of likely N-dealkylation sites (tertiary alicyclic amines) is 2. The number of aryl methyl sites for hydroxylation is 2. The Hall–Kier alpha value is -5.14. The zero-order valence-corrected chi connectivity index (χ0v) is 36.2. The molecule has 326 valence electrons. The number of amides is 2. The number of hydrogen-bond donors (Lipinski definition) is 1. The van der Waals surface area contributed by atoms with Crippen LogP contribution in [0, 0.1) is 24.5 Å².